The summed E-state index contributed by atoms with van der Waals surface area (Å²) in [4.78, 5) is 38.1. The van der Waals surface area contributed by atoms with Gasteiger partial charge < -0.3 is 24.4 Å². The van der Waals surface area contributed by atoms with Gasteiger partial charge in [-0.3, -0.25) is 19.7 Å². The van der Waals surface area contributed by atoms with Crippen molar-refractivity contribution < 1.29 is 28.7 Å². The third-order valence-electron chi connectivity index (χ3n) is 6.37. The van der Waals surface area contributed by atoms with Crippen LogP contribution in [0, 0.1) is 10.1 Å². The number of hydrogen-bond donors (Lipinski definition) is 1. The van der Waals surface area contributed by atoms with Gasteiger partial charge in [0.2, 0.25) is 0 Å². The fourth-order valence-electron chi connectivity index (χ4n) is 4.27. The van der Waals surface area contributed by atoms with E-state index in [1.54, 1.807) is 37.3 Å². The number of ether oxygens (including phenoxy) is 3. The van der Waals surface area contributed by atoms with Crippen molar-refractivity contribution in [3.8, 4) is 17.2 Å². The van der Waals surface area contributed by atoms with Crippen LogP contribution in [0.5, 0.6) is 17.2 Å². The fourth-order valence-corrected chi connectivity index (χ4v) is 4.27. The third-order valence-corrected chi connectivity index (χ3v) is 6.37. The molecular weight excluding hydrogens is 490 g/mol. The minimum atomic E-state index is -0.609. The standard InChI is InChI=1S/C28H29N3O7/c1-4-23-28(33)30(14-13-18-5-11-25(36-2)26(15-18)37-3)17-20-16-21(8-12-24(20)38-23)29-27(32)19-6-9-22(10-7-19)31(34)35/h5-12,15-16,23H,4,13-14,17H2,1-3H3,(H,29,32)/t23-/m1/s1. The monoisotopic (exact) mass is 519 g/mol. The van der Waals surface area contributed by atoms with Gasteiger partial charge in [-0.25, -0.2) is 0 Å². The lowest BCUT2D eigenvalue weighted by Crippen LogP contribution is -2.40. The number of fused-ring (bicyclic) bond motifs is 1. The topological polar surface area (TPSA) is 120 Å². The average molecular weight is 520 g/mol. The van der Waals surface area contributed by atoms with Crippen molar-refractivity contribution in [3.63, 3.8) is 0 Å². The van der Waals surface area contributed by atoms with E-state index in [1.807, 2.05) is 25.1 Å². The van der Waals surface area contributed by atoms with Crippen LogP contribution >= 0.6 is 0 Å². The molecule has 0 fully saturated rings. The molecule has 1 N–H and O–H groups in total. The molecule has 3 aromatic rings. The molecule has 0 radical (unpaired) electrons. The van der Waals surface area contributed by atoms with Crippen molar-refractivity contribution in [2.24, 2.45) is 0 Å². The smallest absolute Gasteiger partial charge is 0.269 e. The first-order valence-corrected chi connectivity index (χ1v) is 12.2. The lowest BCUT2D eigenvalue weighted by atomic mass is 10.1. The van der Waals surface area contributed by atoms with Crippen LogP contribution in [-0.4, -0.2) is 48.5 Å². The van der Waals surface area contributed by atoms with E-state index in [-0.39, 0.29) is 11.6 Å². The summed E-state index contributed by atoms with van der Waals surface area (Å²) in [5.41, 5.74) is 2.49. The van der Waals surface area contributed by atoms with Crippen LogP contribution in [0.4, 0.5) is 11.4 Å². The van der Waals surface area contributed by atoms with E-state index in [2.05, 4.69) is 5.32 Å². The second-order valence-corrected chi connectivity index (χ2v) is 8.79. The number of carbonyl (C=O) groups is 2. The summed E-state index contributed by atoms with van der Waals surface area (Å²) >= 11 is 0. The summed E-state index contributed by atoms with van der Waals surface area (Å²) in [5, 5.41) is 13.7. The van der Waals surface area contributed by atoms with Crippen molar-refractivity contribution in [3.05, 3.63) is 87.5 Å². The Kier molecular flexibility index (Phi) is 8.10. The minimum Gasteiger partial charge on any atom is -0.493 e. The highest BCUT2D eigenvalue weighted by molar-refractivity contribution is 6.04. The Hall–Kier alpha value is -4.60. The van der Waals surface area contributed by atoms with Crippen molar-refractivity contribution in [1.82, 2.24) is 4.90 Å². The highest BCUT2D eigenvalue weighted by Gasteiger charge is 2.30. The molecule has 198 valence electrons. The van der Waals surface area contributed by atoms with E-state index >= 15 is 0 Å². The molecule has 1 atom stereocenters. The van der Waals surface area contributed by atoms with E-state index in [9.17, 15) is 19.7 Å². The van der Waals surface area contributed by atoms with E-state index in [0.29, 0.717) is 54.4 Å². The average Bonchev–Trinajstić information content (AvgIpc) is 3.07. The van der Waals surface area contributed by atoms with Crippen molar-refractivity contribution in [1.29, 1.82) is 0 Å². The van der Waals surface area contributed by atoms with Gasteiger partial charge >= 0.3 is 0 Å². The second-order valence-electron chi connectivity index (χ2n) is 8.79. The zero-order valence-electron chi connectivity index (χ0n) is 21.4. The Balaban J connectivity index is 1.51. The molecule has 0 saturated heterocycles. The SMILES string of the molecule is CC[C@H]1Oc2ccc(NC(=O)c3ccc([N+](=O)[O-])cc3)cc2CN(CCc2ccc(OC)c(OC)c2)C1=O. The highest BCUT2D eigenvalue weighted by Crippen LogP contribution is 2.31. The van der Waals surface area contributed by atoms with E-state index in [1.165, 1.54) is 24.3 Å². The van der Waals surface area contributed by atoms with Gasteiger partial charge in [-0.15, -0.1) is 0 Å². The third kappa shape index (κ3) is 5.86. The zero-order chi connectivity index (χ0) is 27.2. The summed E-state index contributed by atoms with van der Waals surface area (Å²) in [5.74, 6) is 1.36. The Labute approximate surface area is 220 Å². The predicted octanol–water partition coefficient (Wildman–Crippen LogP) is 4.61. The van der Waals surface area contributed by atoms with Crippen molar-refractivity contribution in [2.75, 3.05) is 26.1 Å². The maximum atomic E-state index is 13.3. The van der Waals surface area contributed by atoms with Crippen LogP contribution in [0.25, 0.3) is 0 Å². The molecule has 0 unspecified atom stereocenters. The van der Waals surface area contributed by atoms with Gasteiger partial charge in [0.1, 0.15) is 5.75 Å². The Morgan fingerprint density at radius 2 is 1.82 bits per heavy atom. The number of nitro benzene ring substituents is 1. The largest absolute Gasteiger partial charge is 0.493 e. The number of nitro groups is 1. The number of nitrogens with zero attached hydrogens (tertiary/aromatic N) is 2. The number of nitrogens with one attached hydrogen (secondary N) is 1. The van der Waals surface area contributed by atoms with Gasteiger partial charge in [-0.05, 0) is 60.9 Å². The van der Waals surface area contributed by atoms with Crippen molar-refractivity contribution in [2.45, 2.75) is 32.4 Å². The Bertz CT molecular complexity index is 1340. The van der Waals surface area contributed by atoms with Gasteiger partial charge in [-0.2, -0.15) is 0 Å². The summed E-state index contributed by atoms with van der Waals surface area (Å²) in [6, 6.07) is 16.3. The number of hydrogen-bond acceptors (Lipinski definition) is 7. The van der Waals surface area contributed by atoms with Gasteiger partial charge in [0.15, 0.2) is 17.6 Å². The van der Waals surface area contributed by atoms with Crippen LogP contribution in [0.3, 0.4) is 0 Å². The lowest BCUT2D eigenvalue weighted by Gasteiger charge is -2.23. The molecule has 4 rings (SSSR count). The van der Waals surface area contributed by atoms with Crippen molar-refractivity contribution >= 4 is 23.2 Å². The Morgan fingerprint density at radius 1 is 1.08 bits per heavy atom. The fraction of sp³-hybridized carbons (Fsp3) is 0.286. The molecule has 3 aromatic carbocycles. The minimum absolute atomic E-state index is 0.0907. The summed E-state index contributed by atoms with van der Waals surface area (Å²) in [6.07, 6.45) is 0.514. The lowest BCUT2D eigenvalue weighted by molar-refractivity contribution is -0.384. The van der Waals surface area contributed by atoms with Gasteiger partial charge in [0, 0.05) is 42.0 Å². The van der Waals surface area contributed by atoms with E-state index in [4.69, 9.17) is 14.2 Å². The number of benzene rings is 3. The zero-order valence-corrected chi connectivity index (χ0v) is 21.4. The first-order valence-electron chi connectivity index (χ1n) is 12.2. The molecule has 10 nitrogen and oxygen atoms in total. The molecule has 1 aliphatic rings. The molecule has 1 heterocycles. The van der Waals surface area contributed by atoms with Crippen LogP contribution in [0.15, 0.2) is 60.7 Å². The quantitative estimate of drug-likeness (QED) is 0.324. The second kappa shape index (κ2) is 11.6. The van der Waals surface area contributed by atoms with Gasteiger partial charge in [-0.1, -0.05) is 13.0 Å². The van der Waals surface area contributed by atoms with Crippen LogP contribution in [-0.2, 0) is 17.8 Å². The van der Waals surface area contributed by atoms with Crippen LogP contribution in [0.2, 0.25) is 0 Å². The number of amides is 2. The first kappa shape index (κ1) is 26.5. The van der Waals surface area contributed by atoms with Crippen LogP contribution < -0.4 is 19.5 Å². The Morgan fingerprint density at radius 3 is 2.47 bits per heavy atom. The number of methoxy groups -OCH3 is 2. The molecule has 0 saturated carbocycles. The maximum Gasteiger partial charge on any atom is 0.269 e. The number of carbonyl (C=O) groups excluding carboxylic acids is 2. The predicted molar refractivity (Wildman–Crippen MR) is 141 cm³/mol. The van der Waals surface area contributed by atoms with E-state index < -0.39 is 16.9 Å². The van der Waals surface area contributed by atoms with E-state index in [0.717, 1.165) is 11.1 Å². The van der Waals surface area contributed by atoms with Crippen LogP contribution in [0.1, 0.15) is 34.8 Å². The maximum absolute atomic E-state index is 13.3. The molecule has 0 spiro atoms. The first-order chi connectivity index (χ1) is 18.3. The van der Waals surface area contributed by atoms with Gasteiger partial charge in [0.05, 0.1) is 19.1 Å². The molecule has 38 heavy (non-hydrogen) atoms. The number of non-ortho nitro benzene ring substituents is 1. The molecule has 1 aliphatic heterocycles. The summed E-state index contributed by atoms with van der Waals surface area (Å²) in [7, 11) is 3.16. The molecule has 0 aromatic heterocycles. The molecular formula is C28H29N3O7. The normalized spacial score (nSPS) is 14.7. The molecule has 10 heteroatoms. The summed E-state index contributed by atoms with van der Waals surface area (Å²) in [6.45, 7) is 2.69. The highest BCUT2D eigenvalue weighted by atomic mass is 16.6. The summed E-state index contributed by atoms with van der Waals surface area (Å²) < 4.78 is 16.7. The van der Waals surface area contributed by atoms with Gasteiger partial charge in [0.25, 0.3) is 17.5 Å². The molecule has 0 aliphatic carbocycles. The molecule has 0 bridgehead atoms. The number of rotatable bonds is 9. The number of anilines is 1. The molecule has 2 amide bonds.